The van der Waals surface area contributed by atoms with Gasteiger partial charge in [0.2, 0.25) is 0 Å². The fourth-order valence-corrected chi connectivity index (χ4v) is 5.23. The van der Waals surface area contributed by atoms with Crippen molar-refractivity contribution in [3.8, 4) is 0 Å². The Kier molecular flexibility index (Phi) is 6.40. The Morgan fingerprint density at radius 3 is 2.71 bits per heavy atom. The van der Waals surface area contributed by atoms with Gasteiger partial charge in [0, 0.05) is 17.8 Å². The number of rotatable bonds is 7. The van der Waals surface area contributed by atoms with Crippen LogP contribution in [0.4, 0.5) is 0 Å². The van der Waals surface area contributed by atoms with Crippen LogP contribution in [0.1, 0.15) is 37.1 Å². The molecule has 0 aromatic carbocycles. The number of fused-ring (bicyclic) bond motifs is 3. The topological polar surface area (TPSA) is 74.7 Å². The van der Waals surface area contributed by atoms with E-state index in [9.17, 15) is 14.4 Å². The molecule has 1 aliphatic rings. The molecular formula is C20H30N3O4S+. The molecule has 0 amide bonds. The molecular weight excluding hydrogens is 378 g/mol. The van der Waals surface area contributed by atoms with Crippen molar-refractivity contribution >= 4 is 27.5 Å². The maximum absolute atomic E-state index is 13.2. The lowest BCUT2D eigenvalue weighted by Gasteiger charge is -2.18. The van der Waals surface area contributed by atoms with Crippen LogP contribution in [-0.2, 0) is 35.5 Å². The van der Waals surface area contributed by atoms with Gasteiger partial charge in [-0.2, -0.15) is 0 Å². The average Bonchev–Trinajstić information content (AvgIpc) is 3.00. The van der Waals surface area contributed by atoms with Crippen molar-refractivity contribution in [3.63, 3.8) is 0 Å². The summed E-state index contributed by atoms with van der Waals surface area (Å²) in [5.41, 5.74) is 0.313. The fourth-order valence-electron chi connectivity index (χ4n) is 3.87. The summed E-state index contributed by atoms with van der Waals surface area (Å²) in [6, 6.07) is 0. The predicted octanol–water partition coefficient (Wildman–Crippen LogP) is 0.447. The Labute approximate surface area is 168 Å². The molecule has 1 aliphatic carbocycles. The first-order valence-corrected chi connectivity index (χ1v) is 10.9. The summed E-state index contributed by atoms with van der Waals surface area (Å²) >= 11 is 1.58. The maximum Gasteiger partial charge on any atom is 0.332 e. The number of carbonyl (C=O) groups excluding carboxylic acids is 1. The van der Waals surface area contributed by atoms with E-state index in [1.54, 1.807) is 22.8 Å². The van der Waals surface area contributed by atoms with Gasteiger partial charge in [0.25, 0.3) is 5.56 Å². The molecule has 28 heavy (non-hydrogen) atoms. The average molecular weight is 409 g/mol. The summed E-state index contributed by atoms with van der Waals surface area (Å²) in [5, 5.41) is 0.632. The number of esters is 1. The number of aryl methyl sites for hydroxylation is 2. The summed E-state index contributed by atoms with van der Waals surface area (Å²) in [5.74, 6) is -0.0382. The number of hydrogen-bond acceptors (Lipinski definition) is 5. The van der Waals surface area contributed by atoms with E-state index in [1.807, 2.05) is 0 Å². The Balaban J connectivity index is 2.16. The number of aromatic nitrogens is 2. The van der Waals surface area contributed by atoms with Crippen molar-refractivity contribution in [3.05, 3.63) is 31.3 Å². The molecule has 2 heterocycles. The highest BCUT2D eigenvalue weighted by atomic mass is 32.1. The molecule has 3 rings (SSSR count). The van der Waals surface area contributed by atoms with E-state index >= 15 is 0 Å². The zero-order chi connectivity index (χ0) is 20.4. The normalized spacial score (nSPS) is 16.5. The van der Waals surface area contributed by atoms with Crippen LogP contribution in [0.5, 0.6) is 0 Å². The van der Waals surface area contributed by atoms with Crippen LogP contribution in [0.15, 0.2) is 9.59 Å². The van der Waals surface area contributed by atoms with Crippen molar-refractivity contribution in [1.29, 1.82) is 0 Å². The summed E-state index contributed by atoms with van der Waals surface area (Å²) in [6.07, 6.45) is 3.73. The Bertz CT molecular complexity index is 986. The molecule has 0 aliphatic heterocycles. The predicted molar refractivity (Wildman–Crippen MR) is 110 cm³/mol. The first-order valence-electron chi connectivity index (χ1n) is 10.1. The van der Waals surface area contributed by atoms with E-state index in [-0.39, 0.29) is 18.7 Å². The quantitative estimate of drug-likeness (QED) is 0.675. The first-order chi connectivity index (χ1) is 13.3. The number of ether oxygens (including phenoxy) is 1. The van der Waals surface area contributed by atoms with Gasteiger partial charge in [-0.1, -0.05) is 6.92 Å². The number of nitrogens with zero attached hydrogens (tertiary/aromatic N) is 2. The summed E-state index contributed by atoms with van der Waals surface area (Å²) < 4.78 is 7.75. The molecule has 7 nitrogen and oxygen atoms in total. The molecule has 2 aromatic rings. The number of hydrogen-bond donors (Lipinski definition) is 1. The van der Waals surface area contributed by atoms with Crippen molar-refractivity contribution in [1.82, 2.24) is 9.13 Å². The second-order valence-corrected chi connectivity index (χ2v) is 9.06. The number of thiophene rings is 1. The second-order valence-electron chi connectivity index (χ2n) is 7.97. The van der Waals surface area contributed by atoms with Gasteiger partial charge in [-0.25, -0.2) is 9.36 Å². The minimum atomic E-state index is -0.553. The van der Waals surface area contributed by atoms with Gasteiger partial charge in [0.15, 0.2) is 0 Å². The molecule has 2 aromatic heterocycles. The zero-order valence-corrected chi connectivity index (χ0v) is 18.0. The molecule has 0 saturated heterocycles. The first kappa shape index (κ1) is 20.8. The zero-order valence-electron chi connectivity index (χ0n) is 17.2. The summed E-state index contributed by atoms with van der Waals surface area (Å²) in [4.78, 5) is 41.6. The van der Waals surface area contributed by atoms with E-state index in [1.165, 1.54) is 9.78 Å². The molecule has 0 saturated carbocycles. The fraction of sp³-hybridized carbons (Fsp3) is 0.650. The third-order valence-corrected chi connectivity index (χ3v) is 6.62. The highest BCUT2D eigenvalue weighted by molar-refractivity contribution is 7.18. The van der Waals surface area contributed by atoms with Crippen molar-refractivity contribution < 1.29 is 14.4 Å². The number of quaternary nitrogens is 1. The van der Waals surface area contributed by atoms with Crippen molar-refractivity contribution in [2.75, 3.05) is 27.2 Å². The Hall–Kier alpha value is -1.93. The van der Waals surface area contributed by atoms with Gasteiger partial charge in [-0.15, -0.1) is 11.3 Å². The molecule has 0 unspecified atom stereocenters. The van der Waals surface area contributed by atoms with E-state index in [0.717, 1.165) is 47.2 Å². The van der Waals surface area contributed by atoms with Gasteiger partial charge in [-0.3, -0.25) is 14.2 Å². The molecule has 0 spiro atoms. The summed E-state index contributed by atoms with van der Waals surface area (Å²) in [6.45, 7) is 5.26. The van der Waals surface area contributed by atoms with Crippen LogP contribution in [0, 0.1) is 5.92 Å². The SMILES string of the molecule is CCOC(=O)Cn1c(=O)c2c3c(sc2n(CCC[NH+](C)C)c1=O)CC[C@H](C)C3. The number of nitrogens with one attached hydrogen (secondary N) is 1. The Morgan fingerprint density at radius 1 is 1.29 bits per heavy atom. The molecule has 0 bridgehead atoms. The Morgan fingerprint density at radius 2 is 2.04 bits per heavy atom. The highest BCUT2D eigenvalue weighted by Crippen LogP contribution is 2.36. The van der Waals surface area contributed by atoms with Crippen LogP contribution >= 0.6 is 11.3 Å². The lowest BCUT2D eigenvalue weighted by Crippen LogP contribution is -3.05. The van der Waals surface area contributed by atoms with Crippen LogP contribution in [0.2, 0.25) is 0 Å². The number of carbonyl (C=O) groups is 1. The van der Waals surface area contributed by atoms with E-state index in [2.05, 4.69) is 21.0 Å². The van der Waals surface area contributed by atoms with Crippen LogP contribution in [0.25, 0.3) is 10.2 Å². The smallest absolute Gasteiger partial charge is 0.332 e. The highest BCUT2D eigenvalue weighted by Gasteiger charge is 2.26. The minimum Gasteiger partial charge on any atom is -0.465 e. The monoisotopic (exact) mass is 408 g/mol. The molecule has 1 N–H and O–H groups in total. The lowest BCUT2D eigenvalue weighted by atomic mass is 9.89. The second kappa shape index (κ2) is 8.61. The van der Waals surface area contributed by atoms with Gasteiger partial charge in [-0.05, 0) is 37.7 Å². The lowest BCUT2D eigenvalue weighted by molar-refractivity contribution is -0.858. The van der Waals surface area contributed by atoms with Crippen molar-refractivity contribution in [2.45, 2.75) is 52.6 Å². The largest absolute Gasteiger partial charge is 0.465 e. The molecule has 1 atom stereocenters. The van der Waals surface area contributed by atoms with Crippen LogP contribution in [-0.4, -0.2) is 42.4 Å². The van der Waals surface area contributed by atoms with Gasteiger partial charge >= 0.3 is 11.7 Å². The van der Waals surface area contributed by atoms with Crippen LogP contribution < -0.4 is 16.1 Å². The van der Waals surface area contributed by atoms with Gasteiger partial charge < -0.3 is 9.64 Å². The third-order valence-electron chi connectivity index (χ3n) is 5.31. The maximum atomic E-state index is 13.2. The standard InChI is InChI=1S/C20H29N3O4S/c1-5-27-16(24)12-23-18(25)17-14-11-13(2)7-8-15(14)28-19(17)22(20(23)26)10-6-9-21(3)4/h13H,5-12H2,1-4H3/p+1/t13-/m0/s1. The molecule has 0 fully saturated rings. The summed E-state index contributed by atoms with van der Waals surface area (Å²) in [7, 11) is 4.15. The molecule has 0 radical (unpaired) electrons. The third kappa shape index (κ3) is 4.07. The van der Waals surface area contributed by atoms with Crippen LogP contribution in [0.3, 0.4) is 0 Å². The minimum absolute atomic E-state index is 0.223. The molecule has 8 heteroatoms. The van der Waals surface area contributed by atoms with E-state index in [4.69, 9.17) is 4.74 Å². The van der Waals surface area contributed by atoms with Gasteiger partial charge in [0.05, 0.1) is 32.6 Å². The van der Waals surface area contributed by atoms with Gasteiger partial charge in [0.1, 0.15) is 11.4 Å². The molecule has 154 valence electrons. The van der Waals surface area contributed by atoms with E-state index < -0.39 is 11.7 Å². The van der Waals surface area contributed by atoms with E-state index in [0.29, 0.717) is 17.8 Å². The van der Waals surface area contributed by atoms with Crippen molar-refractivity contribution in [2.24, 2.45) is 5.92 Å².